The Morgan fingerprint density at radius 2 is 1.25 bits per heavy atom. The molecule has 0 aliphatic heterocycles. The number of hydrogen-bond donors (Lipinski definition) is 0. The van der Waals surface area contributed by atoms with Crippen LogP contribution in [0, 0.1) is 11.8 Å². The maximum Gasteiger partial charge on any atom is -0.0420 e. The zero-order chi connectivity index (χ0) is 12.2. The minimum Gasteiger partial charge on any atom is -0.0654 e. The minimum atomic E-state index is 0.962. The van der Waals surface area contributed by atoms with Gasteiger partial charge in [0, 0.05) is 0 Å². The maximum atomic E-state index is 2.41. The Bertz CT molecular complexity index is 124. The van der Waals surface area contributed by atoms with E-state index in [2.05, 4.69) is 27.7 Å². The van der Waals surface area contributed by atoms with Crippen LogP contribution in [0.5, 0.6) is 0 Å². The molecule has 0 spiro atoms. The molecule has 0 heterocycles. The van der Waals surface area contributed by atoms with E-state index in [1.54, 1.807) is 0 Å². The second-order valence-corrected chi connectivity index (χ2v) is 5.57. The Kier molecular flexibility index (Phi) is 11.5. The summed E-state index contributed by atoms with van der Waals surface area (Å²) in [5.74, 6) is 1.96. The summed E-state index contributed by atoms with van der Waals surface area (Å²) in [5, 5.41) is 0. The largest absolute Gasteiger partial charge is 0.0654 e. The molecule has 0 aromatic heterocycles. The van der Waals surface area contributed by atoms with E-state index in [1.165, 1.54) is 64.2 Å². The molecule has 1 atom stereocenters. The third-order valence-corrected chi connectivity index (χ3v) is 4.00. The van der Waals surface area contributed by atoms with Gasteiger partial charge in [-0.25, -0.2) is 0 Å². The summed E-state index contributed by atoms with van der Waals surface area (Å²) < 4.78 is 0. The number of hydrogen-bond acceptors (Lipinski definition) is 0. The Labute approximate surface area is 104 Å². The molecule has 0 aromatic carbocycles. The molecule has 0 nitrogen and oxygen atoms in total. The summed E-state index contributed by atoms with van der Waals surface area (Å²) in [7, 11) is 0. The van der Waals surface area contributed by atoms with Gasteiger partial charge in [0.2, 0.25) is 0 Å². The second-order valence-electron chi connectivity index (χ2n) is 5.57. The molecule has 1 unspecified atom stereocenters. The third kappa shape index (κ3) is 9.24. The Morgan fingerprint density at radius 3 is 1.75 bits per heavy atom. The molecule has 0 radical (unpaired) electrons. The van der Waals surface area contributed by atoms with Crippen LogP contribution in [-0.4, -0.2) is 0 Å². The highest BCUT2D eigenvalue weighted by Gasteiger charge is 2.03. The van der Waals surface area contributed by atoms with Gasteiger partial charge in [-0.15, -0.1) is 0 Å². The smallest absolute Gasteiger partial charge is 0.0420 e. The highest BCUT2D eigenvalue weighted by Crippen LogP contribution is 2.19. The molecule has 0 saturated carbocycles. The van der Waals surface area contributed by atoms with Crippen molar-refractivity contribution in [3.63, 3.8) is 0 Å². The quantitative estimate of drug-likeness (QED) is 0.368. The molecule has 0 aliphatic carbocycles. The van der Waals surface area contributed by atoms with E-state index in [4.69, 9.17) is 0 Å². The van der Waals surface area contributed by atoms with E-state index in [0.29, 0.717) is 0 Å². The van der Waals surface area contributed by atoms with Crippen molar-refractivity contribution in [2.24, 2.45) is 11.8 Å². The van der Waals surface area contributed by atoms with Crippen molar-refractivity contribution in [2.45, 2.75) is 91.9 Å². The summed E-state index contributed by atoms with van der Waals surface area (Å²) in [6.45, 7) is 9.38. The average molecular weight is 226 g/mol. The monoisotopic (exact) mass is 226 g/mol. The molecule has 0 heteroatoms. The van der Waals surface area contributed by atoms with Gasteiger partial charge in [0.25, 0.3) is 0 Å². The highest BCUT2D eigenvalue weighted by molar-refractivity contribution is 4.57. The molecule has 0 aliphatic rings. The van der Waals surface area contributed by atoms with Crippen molar-refractivity contribution < 1.29 is 0 Å². The van der Waals surface area contributed by atoms with Crippen LogP contribution < -0.4 is 0 Å². The first-order valence-electron chi connectivity index (χ1n) is 7.74. The molecular weight excluding hydrogens is 192 g/mol. The van der Waals surface area contributed by atoms with Gasteiger partial charge in [0.05, 0.1) is 0 Å². The lowest BCUT2D eigenvalue weighted by atomic mass is 9.94. The first-order chi connectivity index (χ1) is 7.74. The van der Waals surface area contributed by atoms with Crippen LogP contribution in [0.4, 0.5) is 0 Å². The molecule has 0 rings (SSSR count). The predicted molar refractivity (Wildman–Crippen MR) is 75.8 cm³/mol. The number of rotatable bonds is 11. The van der Waals surface area contributed by atoms with Crippen LogP contribution >= 0.6 is 0 Å². The first kappa shape index (κ1) is 16.0. The van der Waals surface area contributed by atoms with Crippen molar-refractivity contribution in [2.75, 3.05) is 0 Å². The van der Waals surface area contributed by atoms with Crippen LogP contribution in [0.3, 0.4) is 0 Å². The van der Waals surface area contributed by atoms with E-state index in [9.17, 15) is 0 Å². The normalized spacial score (nSPS) is 13.3. The van der Waals surface area contributed by atoms with Gasteiger partial charge in [0.15, 0.2) is 0 Å². The van der Waals surface area contributed by atoms with E-state index in [-0.39, 0.29) is 0 Å². The molecule has 0 aromatic rings. The summed E-state index contributed by atoms with van der Waals surface area (Å²) in [6.07, 6.45) is 14.3. The fourth-order valence-electron chi connectivity index (χ4n) is 2.61. The van der Waals surface area contributed by atoms with Gasteiger partial charge >= 0.3 is 0 Å². The van der Waals surface area contributed by atoms with E-state index in [0.717, 1.165) is 11.8 Å². The number of unbranched alkanes of at least 4 members (excludes halogenated alkanes) is 3. The lowest BCUT2D eigenvalue weighted by Gasteiger charge is -2.12. The van der Waals surface area contributed by atoms with Crippen LogP contribution in [0.25, 0.3) is 0 Å². The van der Waals surface area contributed by atoms with Gasteiger partial charge in [0.1, 0.15) is 0 Å². The average Bonchev–Trinajstić information content (AvgIpc) is 2.29. The fraction of sp³-hybridized carbons (Fsp3) is 1.00. The topological polar surface area (TPSA) is 0 Å². The standard InChI is InChI=1S/C16H34/c1-5-12-15(4)13-10-8-9-11-14-16(6-2)7-3/h15-16H,5-14H2,1-4H3. The zero-order valence-electron chi connectivity index (χ0n) is 12.2. The van der Waals surface area contributed by atoms with Crippen molar-refractivity contribution >= 4 is 0 Å². The molecule has 0 saturated heterocycles. The van der Waals surface area contributed by atoms with Crippen LogP contribution in [-0.2, 0) is 0 Å². The summed E-state index contributed by atoms with van der Waals surface area (Å²) >= 11 is 0. The molecule has 0 N–H and O–H groups in total. The fourth-order valence-corrected chi connectivity index (χ4v) is 2.61. The predicted octanol–water partition coefficient (Wildman–Crippen LogP) is 6.20. The van der Waals surface area contributed by atoms with E-state index >= 15 is 0 Å². The molecule has 98 valence electrons. The molecule has 0 bridgehead atoms. The van der Waals surface area contributed by atoms with Crippen molar-refractivity contribution in [1.82, 2.24) is 0 Å². The summed E-state index contributed by atoms with van der Waals surface area (Å²) in [6, 6.07) is 0. The minimum absolute atomic E-state index is 0.962. The van der Waals surface area contributed by atoms with Crippen molar-refractivity contribution in [1.29, 1.82) is 0 Å². The highest BCUT2D eigenvalue weighted by atomic mass is 14.1. The lowest BCUT2D eigenvalue weighted by Crippen LogP contribution is -1.97. The molecule has 16 heavy (non-hydrogen) atoms. The van der Waals surface area contributed by atoms with Gasteiger partial charge in [-0.05, 0) is 11.8 Å². The SMILES string of the molecule is CCCC(C)CCCCCCC(CC)CC. The van der Waals surface area contributed by atoms with Crippen LogP contribution in [0.15, 0.2) is 0 Å². The van der Waals surface area contributed by atoms with Crippen molar-refractivity contribution in [3.05, 3.63) is 0 Å². The molecule has 0 fully saturated rings. The zero-order valence-corrected chi connectivity index (χ0v) is 12.2. The van der Waals surface area contributed by atoms with Crippen LogP contribution in [0.2, 0.25) is 0 Å². The maximum absolute atomic E-state index is 2.41. The van der Waals surface area contributed by atoms with E-state index in [1.807, 2.05) is 0 Å². The summed E-state index contributed by atoms with van der Waals surface area (Å²) in [4.78, 5) is 0. The van der Waals surface area contributed by atoms with Gasteiger partial charge < -0.3 is 0 Å². The van der Waals surface area contributed by atoms with E-state index < -0.39 is 0 Å². The van der Waals surface area contributed by atoms with Gasteiger partial charge in [-0.1, -0.05) is 91.9 Å². The van der Waals surface area contributed by atoms with Gasteiger partial charge in [-0.3, -0.25) is 0 Å². The van der Waals surface area contributed by atoms with Crippen molar-refractivity contribution in [3.8, 4) is 0 Å². The Morgan fingerprint density at radius 1 is 0.688 bits per heavy atom. The Hall–Kier alpha value is 0. The third-order valence-electron chi connectivity index (χ3n) is 4.00. The summed E-state index contributed by atoms with van der Waals surface area (Å²) in [5.41, 5.74) is 0. The Balaban J connectivity index is 3.20. The second kappa shape index (κ2) is 11.5. The lowest BCUT2D eigenvalue weighted by molar-refractivity contribution is 0.414. The van der Waals surface area contributed by atoms with Crippen LogP contribution in [0.1, 0.15) is 91.9 Å². The molecule has 0 amide bonds. The first-order valence-corrected chi connectivity index (χ1v) is 7.74. The van der Waals surface area contributed by atoms with Gasteiger partial charge in [-0.2, -0.15) is 0 Å². The molecular formula is C16H34.